The smallest absolute Gasteiger partial charge is 0.252 e. The summed E-state index contributed by atoms with van der Waals surface area (Å²) in [6.45, 7) is 11.1. The van der Waals surface area contributed by atoms with E-state index < -0.39 is 10.0 Å². The zero-order chi connectivity index (χ0) is 24.7. The summed E-state index contributed by atoms with van der Waals surface area (Å²) in [5.41, 5.74) is 4.10. The summed E-state index contributed by atoms with van der Waals surface area (Å²) >= 11 is 0. The fourth-order valence-corrected chi connectivity index (χ4v) is 5.82. The number of aromatic amines is 1. The molecule has 34 heavy (non-hydrogen) atoms. The van der Waals surface area contributed by atoms with Gasteiger partial charge in [-0.15, -0.1) is 0 Å². The molecule has 2 aromatic carbocycles. The van der Waals surface area contributed by atoms with Crippen LogP contribution in [0, 0.1) is 13.8 Å². The zero-order valence-electron chi connectivity index (χ0n) is 20.6. The molecule has 0 amide bonds. The first-order chi connectivity index (χ1) is 15.9. The fourth-order valence-electron chi connectivity index (χ4n) is 4.37. The number of hydrogen-bond acceptors (Lipinski definition) is 4. The summed E-state index contributed by atoms with van der Waals surface area (Å²) in [6.07, 6.45) is 1.54. The first-order valence-corrected chi connectivity index (χ1v) is 13.2. The van der Waals surface area contributed by atoms with E-state index in [1.165, 1.54) is 4.31 Å². The number of fused-ring (bicyclic) bond motifs is 1. The number of rotatable bonds is 6. The van der Waals surface area contributed by atoms with Crippen LogP contribution >= 0.6 is 0 Å². The van der Waals surface area contributed by atoms with E-state index in [1.807, 2.05) is 38.1 Å². The van der Waals surface area contributed by atoms with E-state index >= 15 is 0 Å². The molecular weight excluding hydrogens is 448 g/mol. The molecule has 182 valence electrons. The van der Waals surface area contributed by atoms with Gasteiger partial charge in [-0.2, -0.15) is 4.31 Å². The standard InChI is InChI=1S/C27H34N2O4S/c1-18-13-20-15-21(26(30)28-25(20)14-19(18)2)16-29(17-23-7-6-12-33-23)34(31,32)24-10-8-22(9-11-24)27(3,4)5/h8-11,13-15,23H,6-7,12,16-17H2,1-5H3,(H,28,30)/t23-/m0/s1. The van der Waals surface area contributed by atoms with Gasteiger partial charge in [-0.1, -0.05) is 32.9 Å². The zero-order valence-corrected chi connectivity index (χ0v) is 21.5. The summed E-state index contributed by atoms with van der Waals surface area (Å²) in [5, 5.41) is 0.890. The predicted molar refractivity (Wildman–Crippen MR) is 136 cm³/mol. The van der Waals surface area contributed by atoms with Crippen molar-refractivity contribution in [2.24, 2.45) is 0 Å². The van der Waals surface area contributed by atoms with Crippen LogP contribution in [0.15, 0.2) is 52.2 Å². The number of nitrogens with one attached hydrogen (secondary N) is 1. The van der Waals surface area contributed by atoms with E-state index in [2.05, 4.69) is 25.8 Å². The van der Waals surface area contributed by atoms with Gasteiger partial charge in [-0.25, -0.2) is 8.42 Å². The van der Waals surface area contributed by atoms with Gasteiger partial charge < -0.3 is 9.72 Å². The van der Waals surface area contributed by atoms with Crippen molar-refractivity contribution < 1.29 is 13.2 Å². The Hall–Kier alpha value is -2.48. The molecule has 0 bridgehead atoms. The molecule has 0 saturated carbocycles. The number of pyridine rings is 1. The van der Waals surface area contributed by atoms with E-state index in [4.69, 9.17) is 4.74 Å². The van der Waals surface area contributed by atoms with Crippen LogP contribution in [0.2, 0.25) is 0 Å². The van der Waals surface area contributed by atoms with Crippen molar-refractivity contribution >= 4 is 20.9 Å². The van der Waals surface area contributed by atoms with Gasteiger partial charge >= 0.3 is 0 Å². The maximum atomic E-state index is 13.7. The van der Waals surface area contributed by atoms with Crippen molar-refractivity contribution in [2.45, 2.75) is 70.4 Å². The van der Waals surface area contributed by atoms with Crippen molar-refractivity contribution in [3.05, 3.63) is 75.1 Å². The lowest BCUT2D eigenvalue weighted by molar-refractivity contribution is 0.0925. The summed E-state index contributed by atoms with van der Waals surface area (Å²) in [5.74, 6) is 0. The van der Waals surface area contributed by atoms with Gasteiger partial charge in [0, 0.05) is 30.8 Å². The Morgan fingerprint density at radius 3 is 2.35 bits per heavy atom. The SMILES string of the molecule is Cc1cc2cc(CN(C[C@@H]3CCCO3)S(=O)(=O)c3ccc(C(C)(C)C)cc3)c(=O)[nH]c2cc1C. The number of benzene rings is 2. The fraction of sp³-hybridized carbons (Fsp3) is 0.444. The summed E-state index contributed by atoms with van der Waals surface area (Å²) in [7, 11) is -3.83. The quantitative estimate of drug-likeness (QED) is 0.547. The molecule has 3 aromatic rings. The van der Waals surface area contributed by atoms with Crippen LogP contribution in [0.5, 0.6) is 0 Å². The molecule has 0 unspecified atom stereocenters. The number of nitrogens with zero attached hydrogens (tertiary/aromatic N) is 1. The molecule has 0 radical (unpaired) electrons. The monoisotopic (exact) mass is 482 g/mol. The topological polar surface area (TPSA) is 79.5 Å². The number of ether oxygens (including phenoxy) is 1. The molecule has 1 aliphatic rings. The van der Waals surface area contributed by atoms with E-state index in [-0.39, 0.29) is 35.1 Å². The molecular formula is C27H34N2O4S. The molecule has 6 nitrogen and oxygen atoms in total. The van der Waals surface area contributed by atoms with Crippen LogP contribution in [0.1, 0.15) is 55.9 Å². The molecule has 1 N–H and O–H groups in total. The maximum absolute atomic E-state index is 13.7. The Morgan fingerprint density at radius 1 is 1.06 bits per heavy atom. The molecule has 1 atom stereocenters. The molecule has 7 heteroatoms. The van der Waals surface area contributed by atoms with Gasteiger partial charge in [0.25, 0.3) is 5.56 Å². The summed E-state index contributed by atoms with van der Waals surface area (Å²) in [6, 6.07) is 12.8. The highest BCUT2D eigenvalue weighted by Crippen LogP contribution is 2.27. The average molecular weight is 483 g/mol. The second kappa shape index (κ2) is 9.29. The molecule has 1 saturated heterocycles. The van der Waals surface area contributed by atoms with Crippen molar-refractivity contribution in [1.29, 1.82) is 0 Å². The van der Waals surface area contributed by atoms with E-state index in [0.717, 1.165) is 40.4 Å². The molecule has 1 aromatic heterocycles. The normalized spacial score (nSPS) is 17.1. The largest absolute Gasteiger partial charge is 0.377 e. The van der Waals surface area contributed by atoms with Gasteiger partial charge in [0.15, 0.2) is 0 Å². The third-order valence-corrected chi connectivity index (χ3v) is 8.50. The number of aromatic nitrogens is 1. The predicted octanol–water partition coefficient (Wildman–Crippen LogP) is 4.81. The minimum atomic E-state index is -3.83. The Bertz CT molecular complexity index is 1350. The maximum Gasteiger partial charge on any atom is 0.252 e. The number of sulfonamides is 1. The van der Waals surface area contributed by atoms with E-state index in [0.29, 0.717) is 12.2 Å². The van der Waals surface area contributed by atoms with Crippen LogP contribution in [0.3, 0.4) is 0 Å². The van der Waals surface area contributed by atoms with Crippen LogP contribution in [0.25, 0.3) is 10.9 Å². The second-order valence-electron chi connectivity index (χ2n) is 10.4. The molecule has 0 aliphatic carbocycles. The highest BCUT2D eigenvalue weighted by Gasteiger charge is 2.30. The van der Waals surface area contributed by atoms with E-state index in [1.54, 1.807) is 18.2 Å². The van der Waals surface area contributed by atoms with Crippen molar-refractivity contribution in [2.75, 3.05) is 13.2 Å². The van der Waals surface area contributed by atoms with Crippen molar-refractivity contribution in [3.8, 4) is 0 Å². The number of aryl methyl sites for hydroxylation is 2. The Kier molecular flexibility index (Phi) is 6.73. The van der Waals surface area contributed by atoms with Gasteiger partial charge in [0.2, 0.25) is 10.0 Å². The third kappa shape index (κ3) is 5.11. The van der Waals surface area contributed by atoms with Gasteiger partial charge in [-0.05, 0) is 84.5 Å². The van der Waals surface area contributed by atoms with Crippen LogP contribution in [0.4, 0.5) is 0 Å². The lowest BCUT2D eigenvalue weighted by Gasteiger charge is -2.25. The average Bonchev–Trinajstić information content (AvgIpc) is 3.28. The van der Waals surface area contributed by atoms with Gasteiger partial charge in [0.1, 0.15) is 0 Å². The van der Waals surface area contributed by atoms with Gasteiger partial charge in [-0.3, -0.25) is 4.79 Å². The highest BCUT2D eigenvalue weighted by molar-refractivity contribution is 7.89. The lowest BCUT2D eigenvalue weighted by Crippen LogP contribution is -2.38. The Labute approximate surface area is 202 Å². The van der Waals surface area contributed by atoms with Crippen LogP contribution < -0.4 is 5.56 Å². The second-order valence-corrected chi connectivity index (χ2v) is 12.3. The molecule has 0 spiro atoms. The summed E-state index contributed by atoms with van der Waals surface area (Å²) < 4.78 is 34.6. The molecule has 1 fully saturated rings. The van der Waals surface area contributed by atoms with Crippen LogP contribution in [-0.2, 0) is 26.7 Å². The molecule has 2 heterocycles. The van der Waals surface area contributed by atoms with Crippen molar-refractivity contribution in [3.63, 3.8) is 0 Å². The van der Waals surface area contributed by atoms with Crippen molar-refractivity contribution in [1.82, 2.24) is 9.29 Å². The highest BCUT2D eigenvalue weighted by atomic mass is 32.2. The van der Waals surface area contributed by atoms with Crippen LogP contribution in [-0.4, -0.2) is 37.0 Å². The third-order valence-electron chi connectivity index (χ3n) is 6.67. The number of hydrogen-bond donors (Lipinski definition) is 1. The number of H-pyrrole nitrogens is 1. The lowest BCUT2D eigenvalue weighted by atomic mass is 9.87. The minimum Gasteiger partial charge on any atom is -0.377 e. The Morgan fingerprint density at radius 2 is 1.74 bits per heavy atom. The molecule has 1 aliphatic heterocycles. The molecule has 4 rings (SSSR count). The Balaban J connectivity index is 1.72. The minimum absolute atomic E-state index is 0.0125. The van der Waals surface area contributed by atoms with E-state index in [9.17, 15) is 13.2 Å². The summed E-state index contributed by atoms with van der Waals surface area (Å²) in [4.78, 5) is 16.1. The first kappa shape index (κ1) is 24.6. The first-order valence-electron chi connectivity index (χ1n) is 11.8. The van der Waals surface area contributed by atoms with Gasteiger partial charge in [0.05, 0.1) is 11.0 Å².